The minimum Gasteiger partial charge on any atom is -0.432 e. The number of hydrogen-bond donors (Lipinski definition) is 1. The number of rotatable bonds is 3. The Hall–Kier alpha value is -2.15. The van der Waals surface area contributed by atoms with Crippen molar-refractivity contribution in [2.24, 2.45) is 0 Å². The fourth-order valence-electron chi connectivity index (χ4n) is 1.70. The summed E-state index contributed by atoms with van der Waals surface area (Å²) < 4.78 is 10.2. The van der Waals surface area contributed by atoms with E-state index in [9.17, 15) is 14.9 Å². The van der Waals surface area contributed by atoms with E-state index in [0.717, 1.165) is 6.42 Å². The van der Waals surface area contributed by atoms with Gasteiger partial charge in [-0.25, -0.2) is 4.79 Å². The monoisotopic (exact) mass is 252 g/mol. The number of nitrogens with two attached hydrogens (primary N) is 1. The van der Waals surface area contributed by atoms with Gasteiger partial charge in [-0.05, 0) is 18.6 Å². The first-order chi connectivity index (χ1) is 8.58. The van der Waals surface area contributed by atoms with Crippen LogP contribution >= 0.6 is 0 Å². The van der Waals surface area contributed by atoms with Gasteiger partial charge in [-0.1, -0.05) is 0 Å². The van der Waals surface area contributed by atoms with E-state index in [1.807, 2.05) is 0 Å². The quantitative estimate of drug-likeness (QED) is 0.378. The van der Waals surface area contributed by atoms with Crippen molar-refractivity contribution in [1.29, 1.82) is 0 Å². The van der Waals surface area contributed by atoms with Gasteiger partial charge in [0.1, 0.15) is 5.56 Å². The second-order valence-electron chi connectivity index (χ2n) is 3.88. The van der Waals surface area contributed by atoms with Crippen LogP contribution in [0, 0.1) is 10.1 Å². The zero-order valence-electron chi connectivity index (χ0n) is 9.50. The van der Waals surface area contributed by atoms with Crippen LogP contribution < -0.4 is 5.73 Å². The van der Waals surface area contributed by atoms with E-state index in [4.69, 9.17) is 15.2 Å². The Bertz CT molecular complexity index is 482. The molecular weight excluding hydrogens is 240 g/mol. The number of nitro benzene ring substituents is 1. The summed E-state index contributed by atoms with van der Waals surface area (Å²) in [6.07, 6.45) is 0.775. The Labute approximate surface area is 103 Å². The van der Waals surface area contributed by atoms with E-state index in [1.54, 1.807) is 0 Å². The Morgan fingerprint density at radius 1 is 1.56 bits per heavy atom. The van der Waals surface area contributed by atoms with E-state index in [1.165, 1.54) is 18.2 Å². The first kappa shape index (κ1) is 12.3. The van der Waals surface area contributed by atoms with Crippen LogP contribution in [0.2, 0.25) is 0 Å². The minimum absolute atomic E-state index is 0.157. The van der Waals surface area contributed by atoms with Gasteiger partial charge in [0, 0.05) is 18.2 Å². The second-order valence-corrected chi connectivity index (χ2v) is 3.88. The molecule has 1 heterocycles. The topological polar surface area (TPSA) is 105 Å². The molecule has 2 N–H and O–H groups in total. The number of nitro groups is 1. The second kappa shape index (κ2) is 5.01. The van der Waals surface area contributed by atoms with Crippen LogP contribution in [0.5, 0.6) is 0 Å². The molecule has 0 spiro atoms. The molecule has 1 aliphatic rings. The molecule has 96 valence electrons. The highest BCUT2D eigenvalue weighted by Gasteiger charge is 2.26. The van der Waals surface area contributed by atoms with Gasteiger partial charge < -0.3 is 15.2 Å². The van der Waals surface area contributed by atoms with E-state index < -0.39 is 17.2 Å². The maximum Gasteiger partial charge on any atom is 0.347 e. The summed E-state index contributed by atoms with van der Waals surface area (Å²) in [5.41, 5.74) is 5.29. The molecule has 1 aromatic carbocycles. The summed E-state index contributed by atoms with van der Waals surface area (Å²) in [5.74, 6) is -0.791. The van der Waals surface area contributed by atoms with Gasteiger partial charge in [-0.3, -0.25) is 10.1 Å². The first-order valence-electron chi connectivity index (χ1n) is 5.44. The summed E-state index contributed by atoms with van der Waals surface area (Å²) >= 11 is 0. The summed E-state index contributed by atoms with van der Waals surface area (Å²) in [6.45, 7) is 0.525. The van der Waals surface area contributed by atoms with Crippen molar-refractivity contribution in [3.8, 4) is 0 Å². The van der Waals surface area contributed by atoms with Gasteiger partial charge in [0.2, 0.25) is 6.29 Å². The highest BCUT2D eigenvalue weighted by molar-refractivity contribution is 5.95. The predicted octanol–water partition coefficient (Wildman–Crippen LogP) is 1.47. The Kier molecular flexibility index (Phi) is 3.42. The summed E-state index contributed by atoms with van der Waals surface area (Å²) in [4.78, 5) is 22.0. The summed E-state index contributed by atoms with van der Waals surface area (Å²) in [5, 5.41) is 10.8. The SMILES string of the molecule is Nc1ccc([N+](=O)[O-])c(C(=O)OC2CCCO2)c1. The number of ether oxygens (including phenoxy) is 2. The van der Waals surface area contributed by atoms with Crippen LogP contribution in [-0.4, -0.2) is 23.8 Å². The molecule has 0 radical (unpaired) electrons. The van der Waals surface area contributed by atoms with Gasteiger partial charge >= 0.3 is 5.97 Å². The Morgan fingerprint density at radius 2 is 2.33 bits per heavy atom. The van der Waals surface area contributed by atoms with Gasteiger partial charge in [0.15, 0.2) is 0 Å². The van der Waals surface area contributed by atoms with E-state index >= 15 is 0 Å². The average molecular weight is 252 g/mol. The van der Waals surface area contributed by atoms with Gasteiger partial charge in [-0.2, -0.15) is 0 Å². The van der Waals surface area contributed by atoms with Crippen LogP contribution in [0.3, 0.4) is 0 Å². The van der Waals surface area contributed by atoms with Crippen LogP contribution in [0.1, 0.15) is 23.2 Å². The molecule has 1 atom stereocenters. The molecule has 1 saturated heterocycles. The van der Waals surface area contributed by atoms with E-state index in [2.05, 4.69) is 0 Å². The smallest absolute Gasteiger partial charge is 0.347 e. The molecule has 1 fully saturated rings. The number of anilines is 1. The average Bonchev–Trinajstić information content (AvgIpc) is 2.81. The number of carbonyl (C=O) groups is 1. The molecule has 7 nitrogen and oxygen atoms in total. The fraction of sp³-hybridized carbons (Fsp3) is 0.364. The number of benzene rings is 1. The van der Waals surface area contributed by atoms with Crippen molar-refractivity contribution < 1.29 is 19.2 Å². The minimum atomic E-state index is -0.791. The van der Waals surface area contributed by atoms with Crippen molar-refractivity contribution >= 4 is 17.3 Å². The number of carbonyl (C=O) groups excluding carboxylic acids is 1. The predicted molar refractivity (Wildman–Crippen MR) is 61.9 cm³/mol. The third-order valence-electron chi connectivity index (χ3n) is 2.56. The molecule has 0 aliphatic carbocycles. The van der Waals surface area contributed by atoms with Crippen molar-refractivity contribution in [2.45, 2.75) is 19.1 Å². The first-order valence-corrected chi connectivity index (χ1v) is 5.44. The van der Waals surface area contributed by atoms with E-state index in [0.29, 0.717) is 13.0 Å². The molecule has 18 heavy (non-hydrogen) atoms. The molecular formula is C11H12N2O5. The third-order valence-corrected chi connectivity index (χ3v) is 2.56. The normalized spacial score (nSPS) is 18.6. The molecule has 1 aromatic rings. The van der Waals surface area contributed by atoms with Crippen molar-refractivity contribution in [1.82, 2.24) is 0 Å². The number of hydrogen-bond acceptors (Lipinski definition) is 6. The third kappa shape index (κ3) is 2.57. The standard InChI is InChI=1S/C11H12N2O5/c12-7-3-4-9(13(15)16)8(6-7)11(14)18-10-2-1-5-17-10/h3-4,6,10H,1-2,5,12H2. The molecule has 1 unspecified atom stereocenters. The molecule has 0 amide bonds. The lowest BCUT2D eigenvalue weighted by Gasteiger charge is -2.11. The largest absolute Gasteiger partial charge is 0.432 e. The zero-order chi connectivity index (χ0) is 13.1. The van der Waals surface area contributed by atoms with Gasteiger partial charge in [0.25, 0.3) is 5.69 Å². The maximum absolute atomic E-state index is 11.8. The summed E-state index contributed by atoms with van der Waals surface area (Å²) in [7, 11) is 0. The molecule has 1 aliphatic heterocycles. The number of nitrogen functional groups attached to an aromatic ring is 1. The fourth-order valence-corrected chi connectivity index (χ4v) is 1.70. The Morgan fingerprint density at radius 3 is 2.94 bits per heavy atom. The number of nitrogens with zero attached hydrogens (tertiary/aromatic N) is 1. The van der Waals surface area contributed by atoms with Crippen molar-refractivity contribution in [3.63, 3.8) is 0 Å². The number of esters is 1. The summed E-state index contributed by atoms with van der Waals surface area (Å²) in [6, 6.07) is 3.78. The van der Waals surface area contributed by atoms with Gasteiger partial charge in [0.05, 0.1) is 11.5 Å². The van der Waals surface area contributed by atoms with Crippen LogP contribution in [0.25, 0.3) is 0 Å². The molecule has 0 saturated carbocycles. The highest BCUT2D eigenvalue weighted by atomic mass is 16.7. The Balaban J connectivity index is 2.22. The van der Waals surface area contributed by atoms with Crippen molar-refractivity contribution in [3.05, 3.63) is 33.9 Å². The van der Waals surface area contributed by atoms with Crippen molar-refractivity contribution in [2.75, 3.05) is 12.3 Å². The van der Waals surface area contributed by atoms with Crippen LogP contribution in [0.4, 0.5) is 11.4 Å². The molecule has 0 aromatic heterocycles. The van der Waals surface area contributed by atoms with Gasteiger partial charge in [-0.15, -0.1) is 0 Å². The lowest BCUT2D eigenvalue weighted by molar-refractivity contribution is -0.385. The lowest BCUT2D eigenvalue weighted by atomic mass is 10.1. The molecule has 2 rings (SSSR count). The maximum atomic E-state index is 11.8. The van der Waals surface area contributed by atoms with Crippen LogP contribution in [0.15, 0.2) is 18.2 Å². The zero-order valence-corrected chi connectivity index (χ0v) is 9.50. The molecule has 7 heteroatoms. The van der Waals surface area contributed by atoms with E-state index in [-0.39, 0.29) is 16.9 Å². The lowest BCUT2D eigenvalue weighted by Crippen LogP contribution is -2.18. The highest BCUT2D eigenvalue weighted by Crippen LogP contribution is 2.24. The van der Waals surface area contributed by atoms with Crippen LogP contribution in [-0.2, 0) is 9.47 Å². The molecule has 0 bridgehead atoms.